The van der Waals surface area contributed by atoms with Crippen molar-refractivity contribution >= 4 is 33.9 Å². The van der Waals surface area contributed by atoms with Gasteiger partial charge in [0.2, 0.25) is 0 Å². The van der Waals surface area contributed by atoms with E-state index in [9.17, 15) is 25.0 Å². The Bertz CT molecular complexity index is 1110. The second kappa shape index (κ2) is 6.79. The zero-order valence-corrected chi connectivity index (χ0v) is 14.4. The van der Waals surface area contributed by atoms with Gasteiger partial charge in [-0.15, -0.1) is 0 Å². The fourth-order valence-corrected chi connectivity index (χ4v) is 2.75. The number of benzene rings is 2. The molecular weight excluding hydrogens is 352 g/mol. The molecular formula is C18H14N4O5. The Labute approximate surface area is 153 Å². The number of aromatic nitrogens is 1. The molecule has 1 amide bonds. The van der Waals surface area contributed by atoms with Crippen molar-refractivity contribution in [3.05, 3.63) is 79.5 Å². The van der Waals surface area contributed by atoms with Crippen LogP contribution in [0.3, 0.4) is 0 Å². The Morgan fingerprint density at radius 3 is 2.44 bits per heavy atom. The van der Waals surface area contributed by atoms with E-state index in [4.69, 9.17) is 0 Å². The minimum absolute atomic E-state index is 0.0486. The number of non-ortho nitro benzene ring substituents is 1. The molecule has 0 fully saturated rings. The van der Waals surface area contributed by atoms with Crippen molar-refractivity contribution in [2.75, 3.05) is 5.32 Å². The molecule has 1 aromatic heterocycles. The summed E-state index contributed by atoms with van der Waals surface area (Å²) in [6.07, 6.45) is 0. The first-order chi connectivity index (χ1) is 12.8. The highest BCUT2D eigenvalue weighted by atomic mass is 16.6. The molecule has 0 unspecified atom stereocenters. The molecule has 3 aromatic rings. The molecule has 0 spiro atoms. The Hall–Kier alpha value is -3.88. The smallest absolute Gasteiger partial charge is 0.279 e. The third kappa shape index (κ3) is 3.43. The number of para-hydroxylation sites is 1. The molecule has 2 aromatic carbocycles. The van der Waals surface area contributed by atoms with Crippen LogP contribution >= 0.6 is 0 Å². The number of hydrogen-bond donors (Lipinski definition) is 1. The average molecular weight is 366 g/mol. The number of nitrogens with one attached hydrogen (secondary N) is 1. The van der Waals surface area contributed by atoms with Gasteiger partial charge in [-0.25, -0.2) is 0 Å². The molecule has 0 aliphatic rings. The number of pyridine rings is 1. The van der Waals surface area contributed by atoms with Crippen LogP contribution in [0.25, 0.3) is 10.9 Å². The molecule has 1 heterocycles. The number of rotatable bonds is 4. The van der Waals surface area contributed by atoms with Crippen LogP contribution in [-0.4, -0.2) is 20.7 Å². The molecule has 27 heavy (non-hydrogen) atoms. The van der Waals surface area contributed by atoms with E-state index in [0.29, 0.717) is 11.2 Å². The van der Waals surface area contributed by atoms with Crippen LogP contribution in [0.4, 0.5) is 17.1 Å². The molecule has 0 aliphatic carbocycles. The van der Waals surface area contributed by atoms with Gasteiger partial charge in [0.25, 0.3) is 17.3 Å². The van der Waals surface area contributed by atoms with Crippen LogP contribution in [0.2, 0.25) is 0 Å². The van der Waals surface area contributed by atoms with Crippen molar-refractivity contribution in [3.63, 3.8) is 0 Å². The highest BCUT2D eigenvalue weighted by Gasteiger charge is 2.25. The molecule has 0 saturated carbocycles. The van der Waals surface area contributed by atoms with Crippen LogP contribution in [0.5, 0.6) is 0 Å². The van der Waals surface area contributed by atoms with E-state index in [1.807, 2.05) is 25.1 Å². The number of carbonyl (C=O) groups excluding carboxylic acids is 1. The van der Waals surface area contributed by atoms with E-state index in [1.54, 1.807) is 12.1 Å². The number of nitrogens with zero attached hydrogens (tertiary/aromatic N) is 3. The highest BCUT2D eigenvalue weighted by Crippen LogP contribution is 2.29. The maximum absolute atomic E-state index is 12.7. The van der Waals surface area contributed by atoms with E-state index in [-0.39, 0.29) is 11.1 Å². The van der Waals surface area contributed by atoms with Gasteiger partial charge >= 0.3 is 0 Å². The van der Waals surface area contributed by atoms with Crippen LogP contribution < -0.4 is 5.32 Å². The van der Waals surface area contributed by atoms with Gasteiger partial charge in [-0.05, 0) is 26.0 Å². The topological polar surface area (TPSA) is 128 Å². The first-order valence-corrected chi connectivity index (χ1v) is 7.89. The van der Waals surface area contributed by atoms with E-state index in [1.165, 1.54) is 6.92 Å². The molecule has 0 bridgehead atoms. The number of carbonyl (C=O) groups is 1. The van der Waals surface area contributed by atoms with Gasteiger partial charge in [0, 0.05) is 22.7 Å². The van der Waals surface area contributed by atoms with Gasteiger partial charge in [0.15, 0.2) is 0 Å². The SMILES string of the molecule is Cc1ccc2cccc(NC(=O)c3cc([N+](=O)[O-])cc([N+](=O)[O-])c3C)c2n1. The third-order valence-corrected chi connectivity index (χ3v) is 4.12. The van der Waals surface area contributed by atoms with Crippen molar-refractivity contribution in [2.45, 2.75) is 13.8 Å². The summed E-state index contributed by atoms with van der Waals surface area (Å²) in [6, 6.07) is 10.8. The predicted molar refractivity (Wildman–Crippen MR) is 98.9 cm³/mol. The summed E-state index contributed by atoms with van der Waals surface area (Å²) in [5, 5.41) is 25.7. The number of anilines is 1. The van der Waals surface area contributed by atoms with Crippen LogP contribution in [-0.2, 0) is 0 Å². The minimum Gasteiger partial charge on any atom is -0.320 e. The van der Waals surface area contributed by atoms with E-state index >= 15 is 0 Å². The number of hydrogen-bond acceptors (Lipinski definition) is 6. The Kier molecular flexibility index (Phi) is 4.51. The molecule has 9 nitrogen and oxygen atoms in total. The fourth-order valence-electron chi connectivity index (χ4n) is 2.75. The fraction of sp³-hybridized carbons (Fsp3) is 0.111. The Balaban J connectivity index is 2.08. The quantitative estimate of drug-likeness (QED) is 0.550. The lowest BCUT2D eigenvalue weighted by Crippen LogP contribution is -2.15. The van der Waals surface area contributed by atoms with Gasteiger partial charge in [0.05, 0.1) is 32.7 Å². The summed E-state index contributed by atoms with van der Waals surface area (Å²) in [6.45, 7) is 3.19. The van der Waals surface area contributed by atoms with Crippen LogP contribution in [0.1, 0.15) is 21.6 Å². The van der Waals surface area contributed by atoms with Crippen molar-refractivity contribution in [1.29, 1.82) is 0 Å². The van der Waals surface area contributed by atoms with Gasteiger partial charge in [-0.1, -0.05) is 18.2 Å². The second-order valence-corrected chi connectivity index (χ2v) is 5.94. The number of nitro benzene ring substituents is 2. The monoisotopic (exact) mass is 366 g/mol. The van der Waals surface area contributed by atoms with E-state index in [0.717, 1.165) is 23.2 Å². The number of amides is 1. The number of nitro groups is 2. The van der Waals surface area contributed by atoms with Crippen molar-refractivity contribution < 1.29 is 14.6 Å². The van der Waals surface area contributed by atoms with Crippen LogP contribution in [0, 0.1) is 34.1 Å². The van der Waals surface area contributed by atoms with E-state index < -0.39 is 27.1 Å². The number of aryl methyl sites for hydroxylation is 1. The maximum Gasteiger partial charge on any atom is 0.279 e. The maximum atomic E-state index is 12.7. The van der Waals surface area contributed by atoms with Crippen molar-refractivity contribution in [3.8, 4) is 0 Å². The lowest BCUT2D eigenvalue weighted by molar-refractivity contribution is -0.394. The zero-order valence-electron chi connectivity index (χ0n) is 14.4. The number of fused-ring (bicyclic) bond motifs is 1. The minimum atomic E-state index is -0.772. The van der Waals surface area contributed by atoms with Crippen molar-refractivity contribution in [1.82, 2.24) is 4.98 Å². The Morgan fingerprint density at radius 1 is 1.04 bits per heavy atom. The average Bonchev–Trinajstić information content (AvgIpc) is 2.61. The summed E-state index contributed by atoms with van der Waals surface area (Å²) in [5.74, 6) is -0.685. The molecule has 0 saturated heterocycles. The Morgan fingerprint density at radius 2 is 1.78 bits per heavy atom. The van der Waals surface area contributed by atoms with Gasteiger partial charge in [-0.3, -0.25) is 30.0 Å². The first-order valence-electron chi connectivity index (χ1n) is 7.89. The lowest BCUT2D eigenvalue weighted by Gasteiger charge is -2.10. The summed E-state index contributed by atoms with van der Waals surface area (Å²) in [4.78, 5) is 37.9. The van der Waals surface area contributed by atoms with Gasteiger partial charge in [-0.2, -0.15) is 0 Å². The van der Waals surface area contributed by atoms with Crippen molar-refractivity contribution in [2.24, 2.45) is 0 Å². The normalized spacial score (nSPS) is 10.6. The summed E-state index contributed by atoms with van der Waals surface area (Å²) >= 11 is 0. The third-order valence-electron chi connectivity index (χ3n) is 4.12. The second-order valence-electron chi connectivity index (χ2n) is 5.94. The highest BCUT2D eigenvalue weighted by molar-refractivity contribution is 6.09. The molecule has 0 aliphatic heterocycles. The van der Waals surface area contributed by atoms with E-state index in [2.05, 4.69) is 10.3 Å². The molecule has 0 atom stereocenters. The predicted octanol–water partition coefficient (Wildman–Crippen LogP) is 3.92. The zero-order chi connectivity index (χ0) is 19.7. The lowest BCUT2D eigenvalue weighted by atomic mass is 10.0. The summed E-state index contributed by atoms with van der Waals surface area (Å²) < 4.78 is 0. The molecule has 1 N–H and O–H groups in total. The first kappa shape index (κ1) is 17.9. The molecule has 3 rings (SSSR count). The molecule has 136 valence electrons. The largest absolute Gasteiger partial charge is 0.320 e. The standard InChI is InChI=1S/C18H14N4O5/c1-10-6-7-12-4-3-5-15(17(12)19-10)20-18(23)14-8-13(21(24)25)9-16(11(14)2)22(26)27/h3-9H,1-2H3,(H,20,23). The van der Waals surface area contributed by atoms with Gasteiger partial charge < -0.3 is 5.32 Å². The molecule has 0 radical (unpaired) electrons. The van der Waals surface area contributed by atoms with Crippen LogP contribution in [0.15, 0.2) is 42.5 Å². The summed E-state index contributed by atoms with van der Waals surface area (Å²) in [5.41, 5.74) is 0.628. The summed E-state index contributed by atoms with van der Waals surface area (Å²) in [7, 11) is 0. The van der Waals surface area contributed by atoms with Gasteiger partial charge in [0.1, 0.15) is 0 Å². The molecule has 9 heteroatoms.